The zero-order valence-corrected chi connectivity index (χ0v) is 36.1. The van der Waals surface area contributed by atoms with E-state index >= 15 is 0 Å². The van der Waals surface area contributed by atoms with E-state index in [9.17, 15) is 0 Å². The van der Waals surface area contributed by atoms with Crippen LogP contribution in [0.1, 0.15) is 22.3 Å². The third-order valence-electron chi connectivity index (χ3n) is 14.5. The minimum Gasteiger partial charge on any atom is -0.455 e. The summed E-state index contributed by atoms with van der Waals surface area (Å²) in [6.07, 6.45) is 0. The monoisotopic (exact) mass is 854 g/mol. The fourth-order valence-electron chi connectivity index (χ4n) is 11.9. The van der Waals surface area contributed by atoms with Gasteiger partial charge in [-0.2, -0.15) is 0 Å². The van der Waals surface area contributed by atoms with E-state index in [1.165, 1.54) is 44.5 Å². The molecule has 312 valence electrons. The van der Waals surface area contributed by atoms with E-state index in [0.717, 1.165) is 83.7 Å². The molecule has 0 saturated carbocycles. The number of hydrogen-bond acceptors (Lipinski definition) is 3. The van der Waals surface area contributed by atoms with Crippen LogP contribution in [-0.2, 0) is 5.41 Å². The number of imidazole rings is 2. The van der Waals surface area contributed by atoms with Crippen molar-refractivity contribution in [2.24, 2.45) is 0 Å². The van der Waals surface area contributed by atoms with Crippen LogP contribution >= 0.6 is 0 Å². The van der Waals surface area contributed by atoms with Crippen molar-refractivity contribution in [2.75, 3.05) is 4.90 Å². The molecule has 5 heteroatoms. The van der Waals surface area contributed by atoms with Gasteiger partial charge in [-0.3, -0.25) is 8.97 Å². The first-order valence-electron chi connectivity index (χ1n) is 23.0. The Morgan fingerprint density at radius 3 is 1.81 bits per heavy atom. The Morgan fingerprint density at radius 1 is 0.433 bits per heavy atom. The highest BCUT2D eigenvalue weighted by molar-refractivity contribution is 6.10. The molecule has 0 N–H and O–H groups in total. The molecular formula is C62H38N4O. The van der Waals surface area contributed by atoms with Gasteiger partial charge >= 0.3 is 0 Å². The topological polar surface area (TPSA) is 38.6 Å². The number of aromatic nitrogens is 3. The molecule has 0 radical (unpaired) electrons. The SMILES string of the molecule is c1ccc(-n2c3ccc(N(c4ccc(-c5cccc6c5oc5ccccc56)cc4)c4cccc5c4C4(c6ccccc6-c6ccccc64)c4ccccc4-5)cc3n3c4ccccc4nc23)cc1. The molecule has 0 bridgehead atoms. The third-order valence-corrected chi connectivity index (χ3v) is 14.5. The molecule has 2 aliphatic carbocycles. The highest BCUT2D eigenvalue weighted by atomic mass is 16.3. The summed E-state index contributed by atoms with van der Waals surface area (Å²) in [6, 6.07) is 83.9. The second-order valence-corrected chi connectivity index (χ2v) is 17.8. The molecule has 5 nitrogen and oxygen atoms in total. The van der Waals surface area contributed by atoms with E-state index < -0.39 is 5.41 Å². The molecule has 0 saturated heterocycles. The van der Waals surface area contributed by atoms with Crippen LogP contribution in [0.4, 0.5) is 17.1 Å². The van der Waals surface area contributed by atoms with Crippen LogP contribution in [-0.4, -0.2) is 14.0 Å². The van der Waals surface area contributed by atoms with Gasteiger partial charge in [-0.15, -0.1) is 0 Å². The van der Waals surface area contributed by atoms with E-state index in [2.05, 4.69) is 238 Å². The van der Waals surface area contributed by atoms with Crippen molar-refractivity contribution in [3.8, 4) is 39.1 Å². The van der Waals surface area contributed by atoms with E-state index in [1.54, 1.807) is 0 Å². The molecule has 3 heterocycles. The maximum atomic E-state index is 6.56. The van der Waals surface area contributed by atoms with Crippen molar-refractivity contribution >= 4 is 66.8 Å². The summed E-state index contributed by atoms with van der Waals surface area (Å²) in [5.41, 5.74) is 22.2. The Bertz CT molecular complexity index is 4110. The molecule has 0 unspecified atom stereocenters. The largest absolute Gasteiger partial charge is 0.455 e. The molecule has 67 heavy (non-hydrogen) atoms. The molecule has 13 aromatic rings. The predicted molar refractivity (Wildman–Crippen MR) is 273 cm³/mol. The van der Waals surface area contributed by atoms with Gasteiger partial charge in [0, 0.05) is 39.0 Å². The van der Waals surface area contributed by atoms with Crippen molar-refractivity contribution in [2.45, 2.75) is 5.41 Å². The average molecular weight is 855 g/mol. The highest BCUT2D eigenvalue weighted by Gasteiger charge is 2.53. The highest BCUT2D eigenvalue weighted by Crippen LogP contribution is 2.65. The van der Waals surface area contributed by atoms with Gasteiger partial charge in [-0.25, -0.2) is 4.98 Å². The van der Waals surface area contributed by atoms with Crippen LogP contribution < -0.4 is 4.90 Å². The molecule has 10 aromatic carbocycles. The molecule has 0 amide bonds. The van der Waals surface area contributed by atoms with Crippen LogP contribution in [0.5, 0.6) is 0 Å². The van der Waals surface area contributed by atoms with E-state index in [1.807, 2.05) is 6.07 Å². The summed E-state index contributed by atoms with van der Waals surface area (Å²) in [7, 11) is 0. The zero-order chi connectivity index (χ0) is 43.8. The van der Waals surface area contributed by atoms with Gasteiger partial charge in [0.15, 0.2) is 0 Å². The lowest BCUT2D eigenvalue weighted by Crippen LogP contribution is -2.28. The van der Waals surface area contributed by atoms with Crippen LogP contribution in [0, 0.1) is 0 Å². The van der Waals surface area contributed by atoms with Crippen LogP contribution in [0.2, 0.25) is 0 Å². The van der Waals surface area contributed by atoms with Gasteiger partial charge in [0.25, 0.3) is 0 Å². The normalized spacial score (nSPS) is 13.2. The van der Waals surface area contributed by atoms with E-state index in [0.29, 0.717) is 0 Å². The molecule has 2 aliphatic rings. The van der Waals surface area contributed by atoms with Crippen molar-refractivity contribution in [1.29, 1.82) is 0 Å². The summed E-state index contributed by atoms with van der Waals surface area (Å²) in [5.74, 6) is 0.879. The Morgan fingerprint density at radius 2 is 1.03 bits per heavy atom. The first-order valence-corrected chi connectivity index (χ1v) is 23.0. The van der Waals surface area contributed by atoms with E-state index in [4.69, 9.17) is 9.40 Å². The molecule has 1 spiro atoms. The Balaban J connectivity index is 1.02. The van der Waals surface area contributed by atoms with Crippen LogP contribution in [0.25, 0.3) is 88.9 Å². The number of rotatable bonds is 5. The minimum absolute atomic E-state index is 0.556. The number of furan rings is 1. The van der Waals surface area contributed by atoms with E-state index in [-0.39, 0.29) is 0 Å². The van der Waals surface area contributed by atoms with Crippen molar-refractivity contribution in [1.82, 2.24) is 14.0 Å². The number of anilines is 3. The fourth-order valence-corrected chi connectivity index (χ4v) is 11.9. The van der Waals surface area contributed by atoms with Gasteiger partial charge in [0.2, 0.25) is 5.78 Å². The number of para-hydroxylation sites is 5. The standard InChI is InChI=1S/C62H38N4O/c1-2-16-40(17-3-1)65-55-37-36-42(38-57(55)66-54-29-12-11-28-53(54)63-61(65)66)64(41-34-32-39(33-35-41)43-22-14-24-49-47-21-7-13-31-58(47)67-60(43)49)56-30-15-23-48-46-20-6-10-27-52(46)62(59(48)56)50-25-8-4-18-44(50)45-19-5-9-26-51(45)62/h1-38H. The lowest BCUT2D eigenvalue weighted by atomic mass is 9.70. The first kappa shape index (κ1) is 36.4. The predicted octanol–water partition coefficient (Wildman–Crippen LogP) is 15.8. The van der Waals surface area contributed by atoms with Gasteiger partial charge in [-0.05, 0) is 111 Å². The van der Waals surface area contributed by atoms with Crippen molar-refractivity contribution in [3.63, 3.8) is 0 Å². The summed E-state index contributed by atoms with van der Waals surface area (Å²) >= 11 is 0. The second kappa shape index (κ2) is 13.6. The summed E-state index contributed by atoms with van der Waals surface area (Å²) in [5, 5.41) is 2.25. The Labute approximate surface area is 385 Å². The number of hydrogen-bond donors (Lipinski definition) is 0. The average Bonchev–Trinajstić information content (AvgIpc) is 4.19. The zero-order valence-electron chi connectivity index (χ0n) is 36.1. The molecule has 3 aromatic heterocycles. The van der Waals surface area contributed by atoms with Gasteiger partial charge in [0.1, 0.15) is 11.2 Å². The first-order chi connectivity index (χ1) is 33.3. The Kier molecular flexibility index (Phi) is 7.36. The summed E-state index contributed by atoms with van der Waals surface area (Å²) in [6.45, 7) is 0. The maximum Gasteiger partial charge on any atom is 0.220 e. The number of benzene rings is 10. The fraction of sp³-hybridized carbons (Fsp3) is 0.0161. The van der Waals surface area contributed by atoms with Crippen LogP contribution in [0.15, 0.2) is 235 Å². The third kappa shape index (κ3) is 4.84. The Hall–Kier alpha value is -8.93. The smallest absolute Gasteiger partial charge is 0.220 e. The number of fused-ring (bicyclic) bond motifs is 18. The second-order valence-electron chi connectivity index (χ2n) is 17.8. The van der Waals surface area contributed by atoms with Gasteiger partial charge in [0.05, 0.1) is 33.2 Å². The minimum atomic E-state index is -0.556. The summed E-state index contributed by atoms with van der Waals surface area (Å²) in [4.78, 5) is 7.75. The molecule has 0 fully saturated rings. The van der Waals surface area contributed by atoms with Crippen molar-refractivity contribution < 1.29 is 4.42 Å². The lowest BCUT2D eigenvalue weighted by molar-refractivity contribution is 0.670. The maximum absolute atomic E-state index is 6.56. The van der Waals surface area contributed by atoms with Crippen molar-refractivity contribution in [3.05, 3.63) is 253 Å². The summed E-state index contributed by atoms with van der Waals surface area (Å²) < 4.78 is 11.2. The van der Waals surface area contributed by atoms with Gasteiger partial charge in [-0.1, -0.05) is 164 Å². The van der Waals surface area contributed by atoms with Crippen LogP contribution in [0.3, 0.4) is 0 Å². The lowest BCUT2D eigenvalue weighted by Gasteiger charge is -2.36. The molecular weight excluding hydrogens is 817 g/mol. The molecule has 0 atom stereocenters. The quantitative estimate of drug-likeness (QED) is 0.173. The molecule has 15 rings (SSSR count). The van der Waals surface area contributed by atoms with Gasteiger partial charge < -0.3 is 9.32 Å². The molecule has 0 aliphatic heterocycles. The number of nitrogens with zero attached hydrogens (tertiary/aromatic N) is 4.